The van der Waals surface area contributed by atoms with Crippen LogP contribution in [-0.2, 0) is 14.6 Å². The fourth-order valence-electron chi connectivity index (χ4n) is 2.88. The molecule has 1 saturated heterocycles. The van der Waals surface area contributed by atoms with Gasteiger partial charge in [-0.25, -0.2) is 8.42 Å². The monoisotopic (exact) mass is 366 g/mol. The Balaban J connectivity index is 2.02. The van der Waals surface area contributed by atoms with Gasteiger partial charge in [-0.05, 0) is 36.6 Å². The molecule has 0 atom stereocenters. The molecule has 1 fully saturated rings. The van der Waals surface area contributed by atoms with Gasteiger partial charge in [0.1, 0.15) is 0 Å². The largest absolute Gasteiger partial charge is 0.341 e. The predicted molar refractivity (Wildman–Crippen MR) is 96.1 cm³/mol. The highest BCUT2D eigenvalue weighted by atomic mass is 32.2. The van der Waals surface area contributed by atoms with Crippen LogP contribution in [0.3, 0.4) is 0 Å². The molecule has 1 aliphatic rings. The standard InChI is InChI=1S/C18H26N2O4S/c1-14(2)13-17(21)19-9-4-10-20(12-11-19)18(22)15-5-7-16(8-6-15)25(3,23)24/h5-8,14H,4,9-13H2,1-3H3. The Morgan fingerprint density at radius 3 is 2.12 bits per heavy atom. The molecule has 138 valence electrons. The molecule has 0 spiro atoms. The van der Waals surface area contributed by atoms with Crippen molar-refractivity contribution < 1.29 is 18.0 Å². The van der Waals surface area contributed by atoms with Crippen molar-refractivity contribution in [3.05, 3.63) is 29.8 Å². The number of nitrogens with zero attached hydrogens (tertiary/aromatic N) is 2. The van der Waals surface area contributed by atoms with Gasteiger partial charge in [0.05, 0.1) is 4.90 Å². The average molecular weight is 366 g/mol. The summed E-state index contributed by atoms with van der Waals surface area (Å²) in [6.07, 6.45) is 2.42. The van der Waals surface area contributed by atoms with Crippen LogP contribution in [0.4, 0.5) is 0 Å². The van der Waals surface area contributed by atoms with Crippen molar-refractivity contribution in [1.82, 2.24) is 9.80 Å². The molecule has 0 N–H and O–H groups in total. The first-order chi connectivity index (χ1) is 11.7. The smallest absolute Gasteiger partial charge is 0.253 e. The van der Waals surface area contributed by atoms with Crippen LogP contribution in [0.25, 0.3) is 0 Å². The Morgan fingerprint density at radius 1 is 1.00 bits per heavy atom. The highest BCUT2D eigenvalue weighted by Gasteiger charge is 2.23. The Morgan fingerprint density at radius 2 is 1.56 bits per heavy atom. The minimum Gasteiger partial charge on any atom is -0.341 e. The zero-order valence-electron chi connectivity index (χ0n) is 15.1. The van der Waals surface area contributed by atoms with Crippen LogP contribution < -0.4 is 0 Å². The third-order valence-corrected chi connectivity index (χ3v) is 5.38. The van der Waals surface area contributed by atoms with E-state index in [1.54, 1.807) is 17.0 Å². The van der Waals surface area contributed by atoms with Crippen molar-refractivity contribution in [3.63, 3.8) is 0 Å². The highest BCUT2D eigenvalue weighted by Crippen LogP contribution is 2.14. The number of carbonyl (C=O) groups is 2. The number of carbonyl (C=O) groups excluding carboxylic acids is 2. The lowest BCUT2D eigenvalue weighted by atomic mass is 10.1. The zero-order chi connectivity index (χ0) is 18.6. The first kappa shape index (κ1) is 19.4. The van der Waals surface area contributed by atoms with E-state index < -0.39 is 9.84 Å². The topological polar surface area (TPSA) is 74.8 Å². The van der Waals surface area contributed by atoms with E-state index in [4.69, 9.17) is 0 Å². The fraction of sp³-hybridized carbons (Fsp3) is 0.556. The second-order valence-electron chi connectivity index (χ2n) is 6.92. The number of hydrogen-bond acceptors (Lipinski definition) is 4. The summed E-state index contributed by atoms with van der Waals surface area (Å²) < 4.78 is 23.0. The molecule has 7 heteroatoms. The molecule has 25 heavy (non-hydrogen) atoms. The third-order valence-electron chi connectivity index (χ3n) is 4.25. The predicted octanol–water partition coefficient (Wildman–Crippen LogP) is 1.81. The van der Waals surface area contributed by atoms with Gasteiger partial charge in [-0.1, -0.05) is 13.8 Å². The average Bonchev–Trinajstić information content (AvgIpc) is 2.79. The molecule has 1 heterocycles. The number of sulfone groups is 1. The lowest BCUT2D eigenvalue weighted by Gasteiger charge is -2.23. The lowest BCUT2D eigenvalue weighted by molar-refractivity contribution is -0.131. The van der Waals surface area contributed by atoms with Gasteiger partial charge < -0.3 is 9.80 Å². The van der Waals surface area contributed by atoms with Gasteiger partial charge >= 0.3 is 0 Å². The van der Waals surface area contributed by atoms with E-state index in [1.807, 2.05) is 18.7 Å². The van der Waals surface area contributed by atoms with Crippen molar-refractivity contribution in [2.75, 3.05) is 32.4 Å². The van der Waals surface area contributed by atoms with Gasteiger partial charge in [-0.2, -0.15) is 0 Å². The van der Waals surface area contributed by atoms with Gasteiger partial charge in [0.25, 0.3) is 5.91 Å². The lowest BCUT2D eigenvalue weighted by Crippen LogP contribution is -2.37. The summed E-state index contributed by atoms with van der Waals surface area (Å²) in [5, 5.41) is 0. The van der Waals surface area contributed by atoms with Crippen LogP contribution in [0.15, 0.2) is 29.2 Å². The first-order valence-corrected chi connectivity index (χ1v) is 10.4. The minimum atomic E-state index is -3.27. The summed E-state index contributed by atoms with van der Waals surface area (Å²) in [5.74, 6) is 0.335. The molecule has 1 aliphatic heterocycles. The number of amides is 2. The van der Waals surface area contributed by atoms with Crippen molar-refractivity contribution in [2.24, 2.45) is 5.92 Å². The Labute approximate surface area is 149 Å². The maximum absolute atomic E-state index is 12.6. The molecule has 0 bridgehead atoms. The molecular weight excluding hydrogens is 340 g/mol. The van der Waals surface area contributed by atoms with Gasteiger partial charge in [0.2, 0.25) is 5.91 Å². The molecule has 0 aromatic heterocycles. The summed E-state index contributed by atoms with van der Waals surface area (Å²) in [6, 6.07) is 6.01. The molecule has 6 nitrogen and oxygen atoms in total. The molecular formula is C18H26N2O4S. The van der Waals surface area contributed by atoms with E-state index in [-0.39, 0.29) is 16.7 Å². The molecule has 0 radical (unpaired) electrons. The quantitative estimate of drug-likeness (QED) is 0.814. The maximum atomic E-state index is 12.6. The van der Waals surface area contributed by atoms with Crippen LogP contribution >= 0.6 is 0 Å². The van der Waals surface area contributed by atoms with Gasteiger partial charge in [-0.3, -0.25) is 9.59 Å². The van der Waals surface area contributed by atoms with Crippen LogP contribution in [-0.4, -0.2) is 62.5 Å². The van der Waals surface area contributed by atoms with Crippen LogP contribution in [0.2, 0.25) is 0 Å². The van der Waals surface area contributed by atoms with Crippen LogP contribution in [0.5, 0.6) is 0 Å². The van der Waals surface area contributed by atoms with E-state index in [0.29, 0.717) is 44.1 Å². The molecule has 0 saturated carbocycles. The van der Waals surface area contributed by atoms with Crippen LogP contribution in [0, 0.1) is 5.92 Å². The molecule has 0 unspecified atom stereocenters. The summed E-state index contributed by atoms with van der Waals surface area (Å²) in [7, 11) is -3.27. The maximum Gasteiger partial charge on any atom is 0.253 e. The van der Waals surface area contributed by atoms with E-state index in [2.05, 4.69) is 0 Å². The van der Waals surface area contributed by atoms with E-state index in [9.17, 15) is 18.0 Å². The molecule has 0 aliphatic carbocycles. The molecule has 2 amide bonds. The van der Waals surface area contributed by atoms with Gasteiger partial charge in [-0.15, -0.1) is 0 Å². The van der Waals surface area contributed by atoms with Gasteiger partial charge in [0, 0.05) is 44.4 Å². The second kappa shape index (κ2) is 7.99. The Bertz CT molecular complexity index is 726. The van der Waals surface area contributed by atoms with Crippen LogP contribution in [0.1, 0.15) is 37.0 Å². The number of hydrogen-bond donors (Lipinski definition) is 0. The zero-order valence-corrected chi connectivity index (χ0v) is 15.9. The third kappa shape index (κ3) is 5.29. The molecule has 1 aromatic carbocycles. The number of benzene rings is 1. The minimum absolute atomic E-state index is 0.127. The van der Waals surface area contributed by atoms with Crippen molar-refractivity contribution >= 4 is 21.7 Å². The van der Waals surface area contributed by atoms with Crippen molar-refractivity contribution in [2.45, 2.75) is 31.6 Å². The summed E-state index contributed by atoms with van der Waals surface area (Å²) in [5.41, 5.74) is 0.467. The Hall–Kier alpha value is -1.89. The Kier molecular flexibility index (Phi) is 6.21. The first-order valence-electron chi connectivity index (χ1n) is 8.55. The molecule has 1 aromatic rings. The summed E-state index contributed by atoms with van der Waals surface area (Å²) in [4.78, 5) is 28.6. The van der Waals surface area contributed by atoms with E-state index in [1.165, 1.54) is 12.1 Å². The van der Waals surface area contributed by atoms with Crippen molar-refractivity contribution in [3.8, 4) is 0 Å². The summed E-state index contributed by atoms with van der Waals surface area (Å²) in [6.45, 7) is 6.34. The van der Waals surface area contributed by atoms with E-state index >= 15 is 0 Å². The molecule has 2 rings (SSSR count). The summed E-state index contributed by atoms with van der Waals surface area (Å²) >= 11 is 0. The second-order valence-corrected chi connectivity index (χ2v) is 8.94. The normalized spacial score (nSPS) is 16.0. The number of rotatable bonds is 4. The fourth-order valence-corrected chi connectivity index (χ4v) is 3.51. The SMILES string of the molecule is CC(C)CC(=O)N1CCCN(C(=O)c2ccc(S(C)(=O)=O)cc2)CC1. The van der Waals surface area contributed by atoms with Gasteiger partial charge in [0.15, 0.2) is 9.84 Å². The highest BCUT2D eigenvalue weighted by molar-refractivity contribution is 7.90. The van der Waals surface area contributed by atoms with Crippen molar-refractivity contribution in [1.29, 1.82) is 0 Å². The van der Waals surface area contributed by atoms with E-state index in [0.717, 1.165) is 12.7 Å².